The minimum Gasteiger partial charge on any atom is -0.402 e. The van der Waals surface area contributed by atoms with Gasteiger partial charge in [0.1, 0.15) is 0 Å². The summed E-state index contributed by atoms with van der Waals surface area (Å²) >= 11 is 0. The number of aryl methyl sites for hydroxylation is 2. The minimum absolute atomic E-state index is 0.339. The molecule has 0 aliphatic carbocycles. The second kappa shape index (κ2) is 6.44. The van der Waals surface area contributed by atoms with Gasteiger partial charge in [-0.1, -0.05) is 49.7 Å². The summed E-state index contributed by atoms with van der Waals surface area (Å²) in [5.41, 5.74) is 5.64. The average Bonchev–Trinajstić information content (AvgIpc) is 2.92. The quantitative estimate of drug-likeness (QED) is 0.603. The second-order valence-corrected chi connectivity index (χ2v) is 6.47. The van der Waals surface area contributed by atoms with Gasteiger partial charge in [-0.25, -0.2) is 9.79 Å². The molecule has 0 saturated carbocycles. The van der Waals surface area contributed by atoms with E-state index in [1.54, 1.807) is 6.08 Å². The number of aliphatic imine (C=N–C) groups is 1. The largest absolute Gasteiger partial charge is 0.402 e. The van der Waals surface area contributed by atoms with E-state index in [0.717, 1.165) is 22.3 Å². The van der Waals surface area contributed by atoms with Crippen molar-refractivity contribution in [3.63, 3.8) is 0 Å². The second-order valence-electron chi connectivity index (χ2n) is 6.47. The number of carbonyl (C=O) groups excluding carboxylic acids is 1. The standard InChI is InChI=1S/C21H21NO2/c1-13(2)16-7-9-17(10-8-16)20-22-19(21(23)24-20)12-18-11-14(3)5-6-15(18)4/h5-13H,1-4H3/b19-12-. The average molecular weight is 319 g/mol. The maximum atomic E-state index is 12.1. The highest BCUT2D eigenvalue weighted by atomic mass is 16.6. The van der Waals surface area contributed by atoms with Gasteiger partial charge >= 0.3 is 5.97 Å². The molecule has 0 saturated heterocycles. The zero-order chi connectivity index (χ0) is 17.3. The molecule has 2 aromatic rings. The highest BCUT2D eigenvalue weighted by molar-refractivity contribution is 6.12. The van der Waals surface area contributed by atoms with Crippen LogP contribution in [0.25, 0.3) is 6.08 Å². The number of ether oxygens (including phenoxy) is 1. The maximum absolute atomic E-state index is 12.1. The van der Waals surface area contributed by atoms with Crippen LogP contribution in [0.15, 0.2) is 53.2 Å². The predicted molar refractivity (Wildman–Crippen MR) is 97.1 cm³/mol. The van der Waals surface area contributed by atoms with Crippen LogP contribution in [0.4, 0.5) is 0 Å². The topological polar surface area (TPSA) is 38.7 Å². The van der Waals surface area contributed by atoms with Crippen molar-refractivity contribution in [1.82, 2.24) is 0 Å². The van der Waals surface area contributed by atoms with Crippen molar-refractivity contribution < 1.29 is 9.53 Å². The van der Waals surface area contributed by atoms with E-state index in [0.29, 0.717) is 17.5 Å². The molecule has 2 aromatic carbocycles. The van der Waals surface area contributed by atoms with Crippen LogP contribution in [0.3, 0.4) is 0 Å². The fourth-order valence-corrected chi connectivity index (χ4v) is 2.61. The van der Waals surface area contributed by atoms with E-state index >= 15 is 0 Å². The normalized spacial score (nSPS) is 15.8. The third-order valence-corrected chi connectivity index (χ3v) is 4.17. The van der Waals surface area contributed by atoms with Crippen molar-refractivity contribution in [2.24, 2.45) is 4.99 Å². The van der Waals surface area contributed by atoms with E-state index < -0.39 is 5.97 Å². The predicted octanol–water partition coefficient (Wildman–Crippen LogP) is 4.77. The number of hydrogen-bond donors (Lipinski definition) is 0. The number of esters is 1. The monoisotopic (exact) mass is 319 g/mol. The Morgan fingerprint density at radius 3 is 2.42 bits per heavy atom. The molecular weight excluding hydrogens is 298 g/mol. The Morgan fingerprint density at radius 1 is 1.04 bits per heavy atom. The molecule has 24 heavy (non-hydrogen) atoms. The molecule has 0 radical (unpaired) electrons. The summed E-state index contributed by atoms with van der Waals surface area (Å²) in [5, 5.41) is 0. The van der Waals surface area contributed by atoms with Crippen molar-refractivity contribution in [3.05, 3.63) is 76.0 Å². The summed E-state index contributed by atoms with van der Waals surface area (Å²) in [6.45, 7) is 8.33. The smallest absolute Gasteiger partial charge is 0.363 e. The van der Waals surface area contributed by atoms with Crippen LogP contribution in [0, 0.1) is 13.8 Å². The van der Waals surface area contributed by atoms with Gasteiger partial charge in [-0.15, -0.1) is 0 Å². The van der Waals surface area contributed by atoms with Crippen LogP contribution in [0.1, 0.15) is 47.6 Å². The van der Waals surface area contributed by atoms with Gasteiger partial charge in [0, 0.05) is 5.56 Å². The molecule has 0 spiro atoms. The van der Waals surface area contributed by atoms with Gasteiger partial charge in [-0.2, -0.15) is 0 Å². The van der Waals surface area contributed by atoms with Gasteiger partial charge < -0.3 is 4.74 Å². The molecule has 122 valence electrons. The Labute approximate surface area is 142 Å². The molecule has 3 rings (SSSR count). The zero-order valence-electron chi connectivity index (χ0n) is 14.5. The highest BCUT2D eigenvalue weighted by Gasteiger charge is 2.24. The highest BCUT2D eigenvalue weighted by Crippen LogP contribution is 2.22. The number of cyclic esters (lactones) is 1. The van der Waals surface area contributed by atoms with Crippen LogP contribution in [-0.2, 0) is 9.53 Å². The lowest BCUT2D eigenvalue weighted by Gasteiger charge is -2.05. The molecule has 0 N–H and O–H groups in total. The zero-order valence-corrected chi connectivity index (χ0v) is 14.5. The lowest BCUT2D eigenvalue weighted by Crippen LogP contribution is -2.05. The Balaban J connectivity index is 1.92. The number of rotatable bonds is 3. The molecule has 0 amide bonds. The molecule has 1 aliphatic rings. The third kappa shape index (κ3) is 3.30. The SMILES string of the molecule is Cc1ccc(C)c(/C=C2\N=C(c3ccc(C(C)C)cc3)OC2=O)c1. The molecule has 0 atom stereocenters. The summed E-state index contributed by atoms with van der Waals surface area (Å²) in [6, 6.07) is 14.1. The fourth-order valence-electron chi connectivity index (χ4n) is 2.61. The van der Waals surface area contributed by atoms with Crippen molar-refractivity contribution in [2.45, 2.75) is 33.6 Å². The van der Waals surface area contributed by atoms with E-state index in [2.05, 4.69) is 24.9 Å². The van der Waals surface area contributed by atoms with E-state index in [-0.39, 0.29) is 0 Å². The van der Waals surface area contributed by atoms with Crippen LogP contribution in [0.5, 0.6) is 0 Å². The first-order valence-electron chi connectivity index (χ1n) is 8.14. The van der Waals surface area contributed by atoms with Gasteiger partial charge in [-0.3, -0.25) is 0 Å². The third-order valence-electron chi connectivity index (χ3n) is 4.17. The van der Waals surface area contributed by atoms with Gasteiger partial charge in [-0.05, 0) is 54.7 Å². The Morgan fingerprint density at radius 2 is 1.75 bits per heavy atom. The molecule has 1 heterocycles. The van der Waals surface area contributed by atoms with Crippen molar-refractivity contribution in [2.75, 3.05) is 0 Å². The molecule has 0 unspecified atom stereocenters. The molecule has 0 aromatic heterocycles. The minimum atomic E-state index is -0.404. The summed E-state index contributed by atoms with van der Waals surface area (Å²) in [4.78, 5) is 16.5. The van der Waals surface area contributed by atoms with Crippen LogP contribution >= 0.6 is 0 Å². The first-order chi connectivity index (χ1) is 11.4. The summed E-state index contributed by atoms with van der Waals surface area (Å²) in [6.07, 6.45) is 1.79. The van der Waals surface area contributed by atoms with Crippen molar-refractivity contribution >= 4 is 17.9 Å². The summed E-state index contributed by atoms with van der Waals surface area (Å²) in [5.74, 6) is 0.428. The van der Waals surface area contributed by atoms with Crippen LogP contribution in [0.2, 0.25) is 0 Å². The lowest BCUT2D eigenvalue weighted by molar-refractivity contribution is -0.129. The summed E-state index contributed by atoms with van der Waals surface area (Å²) in [7, 11) is 0. The van der Waals surface area contributed by atoms with Crippen LogP contribution < -0.4 is 0 Å². The number of carbonyl (C=O) groups is 1. The van der Waals surface area contributed by atoms with E-state index in [9.17, 15) is 4.79 Å². The maximum Gasteiger partial charge on any atom is 0.363 e. The van der Waals surface area contributed by atoms with E-state index in [1.165, 1.54) is 5.56 Å². The molecule has 1 aliphatic heterocycles. The molecule has 3 nitrogen and oxygen atoms in total. The first-order valence-corrected chi connectivity index (χ1v) is 8.14. The van der Waals surface area contributed by atoms with Gasteiger partial charge in [0.05, 0.1) is 0 Å². The number of nitrogens with zero attached hydrogens (tertiary/aromatic N) is 1. The summed E-state index contributed by atoms with van der Waals surface area (Å²) < 4.78 is 5.35. The molecular formula is C21H21NO2. The Bertz CT molecular complexity index is 843. The van der Waals surface area contributed by atoms with Crippen molar-refractivity contribution in [1.29, 1.82) is 0 Å². The fraction of sp³-hybridized carbons (Fsp3) is 0.238. The Kier molecular flexibility index (Phi) is 4.34. The van der Waals surface area contributed by atoms with E-state index in [1.807, 2.05) is 50.2 Å². The van der Waals surface area contributed by atoms with E-state index in [4.69, 9.17) is 4.74 Å². The van der Waals surface area contributed by atoms with Gasteiger partial charge in [0.25, 0.3) is 0 Å². The van der Waals surface area contributed by atoms with Crippen molar-refractivity contribution in [3.8, 4) is 0 Å². The molecule has 3 heteroatoms. The number of benzene rings is 2. The lowest BCUT2D eigenvalue weighted by atomic mass is 10.0. The van der Waals surface area contributed by atoms with Gasteiger partial charge in [0.2, 0.25) is 5.90 Å². The van der Waals surface area contributed by atoms with Gasteiger partial charge in [0.15, 0.2) is 5.70 Å². The molecule has 0 bridgehead atoms. The molecule has 0 fully saturated rings. The first kappa shape index (κ1) is 16.2. The Hall–Kier alpha value is -2.68. The number of hydrogen-bond acceptors (Lipinski definition) is 3. The van der Waals surface area contributed by atoms with Crippen LogP contribution in [-0.4, -0.2) is 11.9 Å².